The number of rotatable bonds is 4. The van der Waals surface area contributed by atoms with Gasteiger partial charge in [0.2, 0.25) is 0 Å². The number of likely N-dealkylation sites (tertiary alicyclic amines) is 1. The van der Waals surface area contributed by atoms with Crippen molar-refractivity contribution in [3.63, 3.8) is 0 Å². The van der Waals surface area contributed by atoms with Crippen LogP contribution in [0.2, 0.25) is 0 Å². The highest BCUT2D eigenvalue weighted by molar-refractivity contribution is 5.31. The Morgan fingerprint density at radius 1 is 1.21 bits per heavy atom. The van der Waals surface area contributed by atoms with Gasteiger partial charge in [-0.15, -0.1) is 0 Å². The number of nitriles is 1. The van der Waals surface area contributed by atoms with Gasteiger partial charge in [-0.2, -0.15) is 5.26 Å². The third-order valence-electron chi connectivity index (χ3n) is 4.13. The Labute approximate surface area is 117 Å². The SMILES string of the molecule is CCCC1CCCN(Cc2ccc(C#N)cc2)CC1. The second-order valence-corrected chi connectivity index (χ2v) is 5.67. The maximum absolute atomic E-state index is 8.81. The summed E-state index contributed by atoms with van der Waals surface area (Å²) in [5, 5.41) is 8.81. The van der Waals surface area contributed by atoms with Crippen LogP contribution in [0, 0.1) is 17.2 Å². The van der Waals surface area contributed by atoms with Crippen LogP contribution in [0.25, 0.3) is 0 Å². The Bertz CT molecular complexity index is 416. The first-order valence-corrected chi connectivity index (χ1v) is 7.53. The molecule has 0 spiro atoms. The fourth-order valence-corrected chi connectivity index (χ4v) is 3.02. The van der Waals surface area contributed by atoms with Crippen molar-refractivity contribution in [2.45, 2.75) is 45.6 Å². The van der Waals surface area contributed by atoms with Gasteiger partial charge in [-0.3, -0.25) is 4.90 Å². The van der Waals surface area contributed by atoms with E-state index >= 15 is 0 Å². The summed E-state index contributed by atoms with van der Waals surface area (Å²) in [6.45, 7) is 5.77. The second-order valence-electron chi connectivity index (χ2n) is 5.67. The van der Waals surface area contributed by atoms with Gasteiger partial charge < -0.3 is 0 Å². The van der Waals surface area contributed by atoms with Gasteiger partial charge in [-0.1, -0.05) is 31.9 Å². The number of hydrogen-bond acceptors (Lipinski definition) is 2. The Morgan fingerprint density at radius 2 is 2.00 bits per heavy atom. The first-order chi connectivity index (χ1) is 9.31. The zero-order valence-electron chi connectivity index (χ0n) is 11.9. The van der Waals surface area contributed by atoms with Crippen molar-refractivity contribution in [2.24, 2.45) is 5.92 Å². The third-order valence-corrected chi connectivity index (χ3v) is 4.13. The summed E-state index contributed by atoms with van der Waals surface area (Å²) in [5.74, 6) is 0.941. The van der Waals surface area contributed by atoms with Gasteiger partial charge in [0.05, 0.1) is 11.6 Å². The first kappa shape index (κ1) is 14.1. The standard InChI is InChI=1S/C17H24N2/c1-2-4-15-5-3-11-19(12-10-15)14-17-8-6-16(13-18)7-9-17/h6-9,15H,2-5,10-12,14H2,1H3. The van der Waals surface area contributed by atoms with Gasteiger partial charge >= 0.3 is 0 Å². The van der Waals surface area contributed by atoms with E-state index in [1.54, 1.807) is 0 Å². The summed E-state index contributed by atoms with van der Waals surface area (Å²) in [7, 11) is 0. The van der Waals surface area contributed by atoms with E-state index in [2.05, 4.69) is 30.0 Å². The molecule has 0 aliphatic carbocycles. The van der Waals surface area contributed by atoms with Crippen molar-refractivity contribution >= 4 is 0 Å². The van der Waals surface area contributed by atoms with E-state index < -0.39 is 0 Å². The minimum absolute atomic E-state index is 0.752. The lowest BCUT2D eigenvalue weighted by molar-refractivity contribution is 0.271. The third kappa shape index (κ3) is 4.36. The molecule has 19 heavy (non-hydrogen) atoms. The normalized spacial score (nSPS) is 20.7. The van der Waals surface area contributed by atoms with Crippen molar-refractivity contribution in [3.8, 4) is 6.07 Å². The fraction of sp³-hybridized carbons (Fsp3) is 0.588. The Morgan fingerprint density at radius 3 is 2.68 bits per heavy atom. The molecule has 1 atom stereocenters. The molecular weight excluding hydrogens is 232 g/mol. The summed E-state index contributed by atoms with van der Waals surface area (Å²) in [6.07, 6.45) is 6.80. The Balaban J connectivity index is 1.87. The largest absolute Gasteiger partial charge is 0.299 e. The molecule has 0 N–H and O–H groups in total. The lowest BCUT2D eigenvalue weighted by Gasteiger charge is -2.20. The zero-order chi connectivity index (χ0) is 13.5. The molecule has 0 radical (unpaired) electrons. The van der Waals surface area contributed by atoms with Crippen LogP contribution in [-0.2, 0) is 6.54 Å². The van der Waals surface area contributed by atoms with Gasteiger partial charge in [0.25, 0.3) is 0 Å². The summed E-state index contributed by atoms with van der Waals surface area (Å²) >= 11 is 0. The van der Waals surface area contributed by atoms with Gasteiger partial charge in [0.15, 0.2) is 0 Å². The molecular formula is C17H24N2. The topological polar surface area (TPSA) is 27.0 Å². The Hall–Kier alpha value is -1.33. The van der Waals surface area contributed by atoms with Crippen LogP contribution < -0.4 is 0 Å². The van der Waals surface area contributed by atoms with E-state index in [0.717, 1.165) is 18.0 Å². The van der Waals surface area contributed by atoms with Gasteiger partial charge in [-0.25, -0.2) is 0 Å². The smallest absolute Gasteiger partial charge is 0.0991 e. The lowest BCUT2D eigenvalue weighted by Crippen LogP contribution is -2.24. The van der Waals surface area contributed by atoms with Gasteiger partial charge in [-0.05, 0) is 56.0 Å². The highest BCUT2D eigenvalue weighted by Gasteiger charge is 2.16. The van der Waals surface area contributed by atoms with Crippen molar-refractivity contribution in [1.29, 1.82) is 5.26 Å². The van der Waals surface area contributed by atoms with Crippen molar-refractivity contribution < 1.29 is 0 Å². The monoisotopic (exact) mass is 256 g/mol. The summed E-state index contributed by atoms with van der Waals surface area (Å²) in [4.78, 5) is 2.57. The highest BCUT2D eigenvalue weighted by Crippen LogP contribution is 2.22. The van der Waals surface area contributed by atoms with Crippen LogP contribution in [0.5, 0.6) is 0 Å². The van der Waals surface area contributed by atoms with E-state index in [1.165, 1.54) is 50.8 Å². The van der Waals surface area contributed by atoms with E-state index in [4.69, 9.17) is 5.26 Å². The minimum Gasteiger partial charge on any atom is -0.299 e. The first-order valence-electron chi connectivity index (χ1n) is 7.53. The molecule has 102 valence electrons. The zero-order valence-corrected chi connectivity index (χ0v) is 11.9. The molecule has 1 unspecified atom stereocenters. The molecule has 0 amide bonds. The predicted octanol–water partition coefficient (Wildman–Crippen LogP) is 3.96. The molecule has 2 nitrogen and oxygen atoms in total. The molecule has 2 heteroatoms. The summed E-state index contributed by atoms with van der Waals surface area (Å²) < 4.78 is 0. The van der Waals surface area contributed by atoms with Crippen molar-refractivity contribution in [1.82, 2.24) is 4.90 Å². The highest BCUT2D eigenvalue weighted by atomic mass is 15.1. The van der Waals surface area contributed by atoms with Gasteiger partial charge in [0.1, 0.15) is 0 Å². The molecule has 1 aliphatic heterocycles. The molecule has 1 aliphatic rings. The van der Waals surface area contributed by atoms with E-state index in [1.807, 2.05) is 12.1 Å². The molecule has 1 heterocycles. The summed E-state index contributed by atoms with van der Waals surface area (Å²) in [5.41, 5.74) is 2.08. The Kier molecular flexibility index (Phi) is 5.42. The van der Waals surface area contributed by atoms with Crippen LogP contribution >= 0.6 is 0 Å². The second kappa shape index (κ2) is 7.31. The fourth-order valence-electron chi connectivity index (χ4n) is 3.02. The molecule has 0 aromatic heterocycles. The predicted molar refractivity (Wildman–Crippen MR) is 78.7 cm³/mol. The van der Waals surface area contributed by atoms with Crippen LogP contribution in [0.3, 0.4) is 0 Å². The van der Waals surface area contributed by atoms with Crippen LogP contribution in [0.15, 0.2) is 24.3 Å². The average Bonchev–Trinajstić information content (AvgIpc) is 2.66. The molecule has 1 saturated heterocycles. The van der Waals surface area contributed by atoms with E-state index in [9.17, 15) is 0 Å². The lowest BCUT2D eigenvalue weighted by atomic mass is 9.96. The quantitative estimate of drug-likeness (QED) is 0.815. The number of hydrogen-bond donors (Lipinski definition) is 0. The van der Waals surface area contributed by atoms with Crippen LogP contribution in [-0.4, -0.2) is 18.0 Å². The summed E-state index contributed by atoms with van der Waals surface area (Å²) in [6, 6.07) is 10.2. The van der Waals surface area contributed by atoms with Crippen LogP contribution in [0.1, 0.15) is 50.2 Å². The molecule has 2 rings (SSSR count). The molecule has 1 fully saturated rings. The van der Waals surface area contributed by atoms with E-state index in [-0.39, 0.29) is 0 Å². The van der Waals surface area contributed by atoms with Crippen molar-refractivity contribution in [3.05, 3.63) is 35.4 Å². The van der Waals surface area contributed by atoms with Crippen LogP contribution in [0.4, 0.5) is 0 Å². The van der Waals surface area contributed by atoms with Gasteiger partial charge in [0, 0.05) is 6.54 Å². The average molecular weight is 256 g/mol. The van der Waals surface area contributed by atoms with Crippen molar-refractivity contribution in [2.75, 3.05) is 13.1 Å². The molecule has 1 aromatic carbocycles. The number of benzene rings is 1. The van der Waals surface area contributed by atoms with E-state index in [0.29, 0.717) is 0 Å². The molecule has 0 bridgehead atoms. The molecule has 0 saturated carbocycles. The minimum atomic E-state index is 0.752. The maximum Gasteiger partial charge on any atom is 0.0991 e. The maximum atomic E-state index is 8.81. The number of nitrogens with zero attached hydrogens (tertiary/aromatic N) is 2. The molecule has 1 aromatic rings.